The van der Waals surface area contributed by atoms with Crippen LogP contribution in [0.25, 0.3) is 0 Å². The smallest absolute Gasteiger partial charge is 0.854 e. The minimum atomic E-state index is -3.61. The van der Waals surface area contributed by atoms with Gasteiger partial charge in [0.2, 0.25) is 0 Å². The predicted molar refractivity (Wildman–Crippen MR) is 104 cm³/mol. The summed E-state index contributed by atoms with van der Waals surface area (Å²) in [5.41, 5.74) is -3.61. The SMILES string of the molecule is CCCCC(CC)CS(CC(CC)CCCC)=P([O-])([O-])[S-].[Bi+3]. The van der Waals surface area contributed by atoms with E-state index < -0.39 is 15.8 Å². The molecule has 0 rings (SSSR count). The van der Waals surface area contributed by atoms with Gasteiger partial charge in [-0.2, -0.15) is 0 Å². The third-order valence-electron chi connectivity index (χ3n) is 4.26. The molecule has 0 aliphatic rings. The molecule has 0 aromatic rings. The van der Waals surface area contributed by atoms with E-state index in [4.69, 9.17) is 12.2 Å². The fourth-order valence-electron chi connectivity index (χ4n) is 2.59. The molecule has 2 radical (unpaired) electrons. The predicted octanol–water partition coefficient (Wildman–Crippen LogP) is 3.60. The van der Waals surface area contributed by atoms with Crippen molar-refractivity contribution in [2.45, 2.75) is 79.1 Å². The van der Waals surface area contributed by atoms with Crippen LogP contribution >= 0.6 is 5.69 Å². The summed E-state index contributed by atoms with van der Waals surface area (Å²) in [6.45, 7) is 8.73. The summed E-state index contributed by atoms with van der Waals surface area (Å²) < 4.78 is 0. The Bertz CT molecular complexity index is 293. The molecule has 2 nitrogen and oxygen atoms in total. The van der Waals surface area contributed by atoms with Crippen LogP contribution in [0.3, 0.4) is 0 Å². The molecule has 0 saturated heterocycles. The molecule has 0 aliphatic carbocycles. The molecule has 0 bridgehead atoms. The van der Waals surface area contributed by atoms with Gasteiger partial charge >= 0.3 is 26.2 Å². The van der Waals surface area contributed by atoms with Crippen LogP contribution in [0.2, 0.25) is 0 Å². The topological polar surface area (TPSA) is 46.1 Å². The minimum Gasteiger partial charge on any atom is -0.854 e. The molecular formula is C16H34BiO2PS2. The van der Waals surface area contributed by atoms with E-state index in [1.54, 1.807) is 0 Å². The zero-order valence-corrected chi connectivity index (χ0v) is 20.8. The second-order valence-corrected chi connectivity index (χ2v) is 13.7. The first kappa shape index (κ1) is 26.2. The minimum absolute atomic E-state index is 0. The summed E-state index contributed by atoms with van der Waals surface area (Å²) in [7, 11) is -0.594. The Morgan fingerprint density at radius 3 is 1.45 bits per heavy atom. The first-order valence-corrected chi connectivity index (χ1v) is 13.4. The van der Waals surface area contributed by atoms with Crippen molar-refractivity contribution in [3.05, 3.63) is 0 Å². The molecule has 0 aromatic heterocycles. The van der Waals surface area contributed by atoms with Gasteiger partial charge in [0, 0.05) is 0 Å². The second kappa shape index (κ2) is 15.2. The van der Waals surface area contributed by atoms with Crippen LogP contribution in [0.1, 0.15) is 79.1 Å². The molecule has 0 fully saturated rings. The van der Waals surface area contributed by atoms with Crippen molar-refractivity contribution < 1.29 is 9.79 Å². The summed E-state index contributed by atoms with van der Waals surface area (Å²) >= 11 is 4.88. The molecule has 0 saturated carbocycles. The summed E-state index contributed by atoms with van der Waals surface area (Å²) in [5, 5.41) is 0. The molecule has 2 unspecified atom stereocenters. The average molecular weight is 563 g/mol. The van der Waals surface area contributed by atoms with Crippen molar-refractivity contribution in [2.75, 3.05) is 11.5 Å². The second-order valence-electron chi connectivity index (χ2n) is 6.08. The van der Waals surface area contributed by atoms with Gasteiger partial charge in [-0.05, 0) is 36.2 Å². The van der Waals surface area contributed by atoms with Crippen molar-refractivity contribution in [1.29, 1.82) is 0 Å². The largest absolute Gasteiger partial charge is 3.00 e. The maximum absolute atomic E-state index is 12.0. The van der Waals surface area contributed by atoms with Gasteiger partial charge < -0.3 is 27.7 Å². The maximum Gasteiger partial charge on any atom is 3.00 e. The Kier molecular flexibility index (Phi) is 18.1. The van der Waals surface area contributed by atoms with Crippen LogP contribution in [0, 0.1) is 11.8 Å². The van der Waals surface area contributed by atoms with Crippen LogP contribution < -0.4 is 9.79 Å². The molecule has 0 amide bonds. The average Bonchev–Trinajstić information content (AvgIpc) is 2.44. The quantitative estimate of drug-likeness (QED) is 0.208. The van der Waals surface area contributed by atoms with Gasteiger partial charge in [0.25, 0.3) is 0 Å². The van der Waals surface area contributed by atoms with E-state index >= 15 is 0 Å². The van der Waals surface area contributed by atoms with Crippen molar-refractivity contribution in [2.24, 2.45) is 11.8 Å². The molecular weight excluding hydrogens is 528 g/mol. The van der Waals surface area contributed by atoms with Crippen LogP contribution in [-0.2, 0) is 22.3 Å². The fraction of sp³-hybridized carbons (Fsp3) is 1.00. The standard InChI is InChI=1S/C16H34O2PS2.Bi/c1-5-9-11-15(7-3)13-21(19(17,18)20)14-16(8-4)12-10-6-2;/h15-16H,5-14H2,1-4H3;/q-3;+3. The Labute approximate surface area is 165 Å². The molecule has 2 atom stereocenters. The number of unbranched alkanes of at least 4 members (excludes halogenated alkanes) is 2. The Hall–Kier alpha value is 1.93. The van der Waals surface area contributed by atoms with E-state index in [1.165, 1.54) is 25.7 Å². The number of hydrogen-bond acceptors (Lipinski definition) is 3. The Morgan fingerprint density at radius 1 is 0.864 bits per heavy atom. The molecule has 0 heterocycles. The summed E-state index contributed by atoms with van der Waals surface area (Å²) in [6.07, 6.45) is 9.21. The molecule has 132 valence electrons. The van der Waals surface area contributed by atoms with Gasteiger partial charge in [0.05, 0.1) is 0 Å². The summed E-state index contributed by atoms with van der Waals surface area (Å²) in [6, 6.07) is 0. The van der Waals surface area contributed by atoms with E-state index in [1.807, 2.05) is 0 Å². The third-order valence-corrected chi connectivity index (χ3v) is 11.3. The number of rotatable bonds is 12. The molecule has 0 spiro atoms. The van der Waals surface area contributed by atoms with Crippen molar-refractivity contribution in [3.8, 4) is 0 Å². The van der Waals surface area contributed by atoms with Gasteiger partial charge in [-0.1, -0.05) is 66.2 Å². The van der Waals surface area contributed by atoms with E-state index in [2.05, 4.69) is 27.7 Å². The monoisotopic (exact) mass is 562 g/mol. The molecule has 6 heteroatoms. The van der Waals surface area contributed by atoms with Gasteiger partial charge in [-0.3, -0.25) is 0 Å². The summed E-state index contributed by atoms with van der Waals surface area (Å²) in [4.78, 5) is 24.1. The van der Waals surface area contributed by atoms with Crippen molar-refractivity contribution in [1.82, 2.24) is 0 Å². The van der Waals surface area contributed by atoms with Crippen molar-refractivity contribution in [3.63, 3.8) is 0 Å². The molecule has 0 aliphatic heterocycles. The van der Waals surface area contributed by atoms with E-state index in [0.717, 1.165) is 37.2 Å². The first-order valence-electron chi connectivity index (χ1n) is 8.59. The fourth-order valence-corrected chi connectivity index (χ4v) is 8.44. The van der Waals surface area contributed by atoms with Crippen LogP contribution in [-0.4, -0.2) is 37.7 Å². The van der Waals surface area contributed by atoms with E-state index in [-0.39, 0.29) is 26.2 Å². The van der Waals surface area contributed by atoms with Crippen LogP contribution in [0.15, 0.2) is 0 Å². The normalized spacial score (nSPS) is 16.0. The zero-order valence-electron chi connectivity index (χ0n) is 14.8. The number of hydrogen-bond donors (Lipinski definition) is 0. The van der Waals surface area contributed by atoms with Crippen LogP contribution in [0.5, 0.6) is 0 Å². The van der Waals surface area contributed by atoms with Gasteiger partial charge in [0.15, 0.2) is 0 Å². The first-order chi connectivity index (χ1) is 9.88. The van der Waals surface area contributed by atoms with Crippen molar-refractivity contribution >= 4 is 54.2 Å². The van der Waals surface area contributed by atoms with E-state index in [9.17, 15) is 9.79 Å². The zero-order chi connectivity index (χ0) is 16.3. The summed E-state index contributed by atoms with van der Waals surface area (Å²) in [5.74, 6) is 2.68. The molecule has 22 heavy (non-hydrogen) atoms. The van der Waals surface area contributed by atoms with E-state index in [0.29, 0.717) is 11.8 Å². The van der Waals surface area contributed by atoms with Gasteiger partial charge in [0.1, 0.15) is 0 Å². The molecule has 0 aromatic carbocycles. The maximum atomic E-state index is 12.0. The van der Waals surface area contributed by atoms with Gasteiger partial charge in [-0.15, -0.1) is 0 Å². The molecule has 0 N–H and O–H groups in total. The Balaban J connectivity index is 0. The Morgan fingerprint density at radius 2 is 1.23 bits per heavy atom. The third kappa shape index (κ3) is 12.3. The van der Waals surface area contributed by atoms with Gasteiger partial charge in [-0.25, -0.2) is 10.1 Å². The van der Waals surface area contributed by atoms with Crippen LogP contribution in [0.4, 0.5) is 0 Å².